The maximum Gasteiger partial charge on any atom is 0.306 e. The SMILES string of the molecule is CCCC(=O)O[C@H](CNC(=O)C=Cc1ccccc1)c1ccc(OC)c(OC)c1. The van der Waals surface area contributed by atoms with Gasteiger partial charge in [0.25, 0.3) is 0 Å². The average molecular weight is 397 g/mol. The number of carbonyl (C=O) groups excluding carboxylic acids is 2. The van der Waals surface area contributed by atoms with E-state index in [0.717, 1.165) is 5.56 Å². The Bertz CT molecular complexity index is 832. The molecule has 0 fully saturated rings. The predicted molar refractivity (Wildman–Crippen MR) is 112 cm³/mol. The fourth-order valence-electron chi connectivity index (χ4n) is 2.69. The summed E-state index contributed by atoms with van der Waals surface area (Å²) in [5, 5.41) is 2.79. The first kappa shape index (κ1) is 22.0. The number of benzene rings is 2. The first-order chi connectivity index (χ1) is 14.1. The van der Waals surface area contributed by atoms with Crippen molar-refractivity contribution in [1.29, 1.82) is 0 Å². The second-order valence-corrected chi connectivity index (χ2v) is 6.33. The standard InChI is InChI=1S/C23H27NO5/c1-4-8-23(26)29-21(18-12-13-19(27-2)20(15-18)28-3)16-24-22(25)14-11-17-9-6-5-7-10-17/h5-7,9-15,21H,4,8,16H2,1-3H3,(H,24,25)/t21-/m1/s1. The topological polar surface area (TPSA) is 73.9 Å². The third-order valence-corrected chi connectivity index (χ3v) is 4.20. The van der Waals surface area contributed by atoms with Crippen molar-refractivity contribution < 1.29 is 23.8 Å². The zero-order valence-electron chi connectivity index (χ0n) is 17.0. The summed E-state index contributed by atoms with van der Waals surface area (Å²) >= 11 is 0. The van der Waals surface area contributed by atoms with Gasteiger partial charge >= 0.3 is 5.97 Å². The minimum absolute atomic E-state index is 0.142. The van der Waals surface area contributed by atoms with Crippen molar-refractivity contribution >= 4 is 18.0 Å². The minimum atomic E-state index is -0.636. The number of rotatable bonds is 10. The summed E-state index contributed by atoms with van der Waals surface area (Å²) < 4.78 is 16.2. The van der Waals surface area contributed by atoms with Crippen LogP contribution in [0.3, 0.4) is 0 Å². The first-order valence-corrected chi connectivity index (χ1v) is 9.49. The largest absolute Gasteiger partial charge is 0.493 e. The third-order valence-electron chi connectivity index (χ3n) is 4.20. The summed E-state index contributed by atoms with van der Waals surface area (Å²) in [6.07, 6.45) is 3.54. The molecule has 0 unspecified atom stereocenters. The van der Waals surface area contributed by atoms with Gasteiger partial charge in [-0.05, 0) is 35.8 Å². The quantitative estimate of drug-likeness (QED) is 0.486. The number of carbonyl (C=O) groups is 2. The second-order valence-electron chi connectivity index (χ2n) is 6.33. The van der Waals surface area contributed by atoms with E-state index in [9.17, 15) is 9.59 Å². The Kier molecular flexibility index (Phi) is 8.76. The Hall–Kier alpha value is -3.28. The maximum atomic E-state index is 12.2. The molecule has 0 aliphatic heterocycles. The van der Waals surface area contributed by atoms with Crippen LogP contribution < -0.4 is 14.8 Å². The summed E-state index contributed by atoms with van der Waals surface area (Å²) in [7, 11) is 3.09. The van der Waals surface area contributed by atoms with Gasteiger partial charge in [-0.3, -0.25) is 9.59 Å². The Balaban J connectivity index is 2.10. The summed E-state index contributed by atoms with van der Waals surface area (Å²) in [5.74, 6) is 0.508. The van der Waals surface area contributed by atoms with Gasteiger partial charge in [-0.1, -0.05) is 43.3 Å². The van der Waals surface area contributed by atoms with Crippen LogP contribution >= 0.6 is 0 Å². The smallest absolute Gasteiger partial charge is 0.306 e. The molecule has 29 heavy (non-hydrogen) atoms. The number of nitrogens with one attached hydrogen (secondary N) is 1. The van der Waals surface area contributed by atoms with Gasteiger partial charge in [0.1, 0.15) is 6.10 Å². The van der Waals surface area contributed by atoms with Crippen LogP contribution in [-0.2, 0) is 14.3 Å². The molecule has 2 rings (SSSR count). The van der Waals surface area contributed by atoms with E-state index in [1.807, 2.05) is 37.3 Å². The van der Waals surface area contributed by atoms with E-state index in [-0.39, 0.29) is 18.4 Å². The Labute approximate surface area is 171 Å². The normalized spacial score (nSPS) is 11.7. The van der Waals surface area contributed by atoms with E-state index in [2.05, 4.69) is 5.32 Å². The van der Waals surface area contributed by atoms with Gasteiger partial charge in [-0.15, -0.1) is 0 Å². The highest BCUT2D eigenvalue weighted by Gasteiger charge is 2.19. The molecule has 6 heteroatoms. The van der Waals surface area contributed by atoms with Crippen molar-refractivity contribution in [2.24, 2.45) is 0 Å². The van der Waals surface area contributed by atoms with Gasteiger partial charge in [-0.25, -0.2) is 0 Å². The molecule has 0 bridgehead atoms. The van der Waals surface area contributed by atoms with E-state index >= 15 is 0 Å². The molecule has 6 nitrogen and oxygen atoms in total. The Morgan fingerprint density at radius 2 is 1.76 bits per heavy atom. The molecule has 0 saturated carbocycles. The number of methoxy groups -OCH3 is 2. The highest BCUT2D eigenvalue weighted by Crippen LogP contribution is 2.31. The van der Waals surface area contributed by atoms with E-state index in [1.165, 1.54) is 13.2 Å². The molecule has 154 valence electrons. The number of hydrogen-bond acceptors (Lipinski definition) is 5. The highest BCUT2D eigenvalue weighted by molar-refractivity contribution is 5.91. The fraction of sp³-hybridized carbons (Fsp3) is 0.304. The third kappa shape index (κ3) is 6.99. The predicted octanol–water partition coefficient (Wildman–Crippen LogP) is 3.92. The molecule has 1 amide bonds. The van der Waals surface area contributed by atoms with Gasteiger partial charge in [-0.2, -0.15) is 0 Å². The van der Waals surface area contributed by atoms with E-state index in [1.54, 1.807) is 31.4 Å². The lowest BCUT2D eigenvalue weighted by atomic mass is 10.1. The summed E-state index contributed by atoms with van der Waals surface area (Å²) in [6.45, 7) is 2.05. The molecule has 2 aromatic carbocycles. The van der Waals surface area contributed by atoms with Crippen molar-refractivity contribution in [3.63, 3.8) is 0 Å². The lowest BCUT2D eigenvalue weighted by molar-refractivity contribution is -0.149. The number of esters is 1. The summed E-state index contributed by atoms with van der Waals surface area (Å²) in [6, 6.07) is 14.8. The van der Waals surface area contributed by atoms with Crippen molar-refractivity contribution in [1.82, 2.24) is 5.32 Å². The van der Waals surface area contributed by atoms with E-state index in [4.69, 9.17) is 14.2 Å². The van der Waals surface area contributed by atoms with Gasteiger partial charge < -0.3 is 19.5 Å². The molecule has 0 aliphatic rings. The fourth-order valence-corrected chi connectivity index (χ4v) is 2.69. The summed E-state index contributed by atoms with van der Waals surface area (Å²) in [4.78, 5) is 24.3. The molecule has 0 radical (unpaired) electrons. The number of ether oxygens (including phenoxy) is 3. The van der Waals surface area contributed by atoms with Crippen LogP contribution in [0.25, 0.3) is 6.08 Å². The highest BCUT2D eigenvalue weighted by atomic mass is 16.5. The van der Waals surface area contributed by atoms with Crippen LogP contribution in [0, 0.1) is 0 Å². The number of amides is 1. The van der Waals surface area contributed by atoms with Crippen molar-refractivity contribution in [2.75, 3.05) is 20.8 Å². The first-order valence-electron chi connectivity index (χ1n) is 9.49. The molecule has 0 aliphatic carbocycles. The molecule has 2 aromatic rings. The van der Waals surface area contributed by atoms with Gasteiger partial charge in [0.15, 0.2) is 11.5 Å². The molecule has 1 N–H and O–H groups in total. The van der Waals surface area contributed by atoms with Crippen molar-refractivity contribution in [3.8, 4) is 11.5 Å². The molecular formula is C23H27NO5. The van der Waals surface area contributed by atoms with Crippen LogP contribution in [-0.4, -0.2) is 32.6 Å². The Morgan fingerprint density at radius 3 is 2.41 bits per heavy atom. The average Bonchev–Trinajstić information content (AvgIpc) is 2.75. The lowest BCUT2D eigenvalue weighted by Gasteiger charge is -2.20. The molecule has 1 atom stereocenters. The monoisotopic (exact) mass is 397 g/mol. The van der Waals surface area contributed by atoms with Gasteiger partial charge in [0, 0.05) is 12.5 Å². The molecule has 0 spiro atoms. The van der Waals surface area contributed by atoms with Crippen LogP contribution in [0.15, 0.2) is 54.6 Å². The van der Waals surface area contributed by atoms with Crippen LogP contribution in [0.2, 0.25) is 0 Å². The Morgan fingerprint density at radius 1 is 1.03 bits per heavy atom. The van der Waals surface area contributed by atoms with Crippen LogP contribution in [0.4, 0.5) is 0 Å². The zero-order chi connectivity index (χ0) is 21.1. The number of hydrogen-bond donors (Lipinski definition) is 1. The van der Waals surface area contributed by atoms with E-state index in [0.29, 0.717) is 29.9 Å². The lowest BCUT2D eigenvalue weighted by Crippen LogP contribution is -2.29. The zero-order valence-corrected chi connectivity index (χ0v) is 17.0. The second kappa shape index (κ2) is 11.5. The molecule has 0 saturated heterocycles. The van der Waals surface area contributed by atoms with E-state index < -0.39 is 6.10 Å². The maximum absolute atomic E-state index is 12.2. The van der Waals surface area contributed by atoms with Crippen molar-refractivity contribution in [3.05, 3.63) is 65.7 Å². The van der Waals surface area contributed by atoms with Gasteiger partial charge in [0.2, 0.25) is 5.91 Å². The van der Waals surface area contributed by atoms with Crippen LogP contribution in [0.5, 0.6) is 11.5 Å². The summed E-state index contributed by atoms with van der Waals surface area (Å²) in [5.41, 5.74) is 1.63. The molecule has 0 aromatic heterocycles. The van der Waals surface area contributed by atoms with Crippen LogP contribution in [0.1, 0.15) is 37.0 Å². The van der Waals surface area contributed by atoms with Gasteiger partial charge in [0.05, 0.1) is 20.8 Å². The molecule has 0 heterocycles. The van der Waals surface area contributed by atoms with Crippen molar-refractivity contribution in [2.45, 2.75) is 25.9 Å². The minimum Gasteiger partial charge on any atom is -0.493 e. The molecular weight excluding hydrogens is 370 g/mol.